The fraction of sp³-hybridized carbons (Fsp3) is 0.440. The summed E-state index contributed by atoms with van der Waals surface area (Å²) in [6, 6.07) is 11.9. The number of anilines is 1. The van der Waals surface area contributed by atoms with Gasteiger partial charge >= 0.3 is 0 Å². The van der Waals surface area contributed by atoms with Gasteiger partial charge in [-0.1, -0.05) is 28.1 Å². The molecule has 0 unspecified atom stereocenters. The van der Waals surface area contributed by atoms with Gasteiger partial charge in [0.1, 0.15) is 11.9 Å². The maximum Gasteiger partial charge on any atom is 0.242 e. The molecule has 0 aliphatic carbocycles. The van der Waals surface area contributed by atoms with E-state index in [-0.39, 0.29) is 37.7 Å². The number of amides is 2. The van der Waals surface area contributed by atoms with Crippen molar-refractivity contribution in [1.29, 1.82) is 0 Å². The fourth-order valence-corrected chi connectivity index (χ4v) is 4.91. The van der Waals surface area contributed by atoms with E-state index in [2.05, 4.69) is 21.2 Å². The second-order valence-electron chi connectivity index (χ2n) is 9.48. The van der Waals surface area contributed by atoms with E-state index in [9.17, 15) is 22.4 Å². The number of nitrogens with one attached hydrogen (secondary N) is 1. The van der Waals surface area contributed by atoms with Crippen molar-refractivity contribution in [3.8, 4) is 0 Å². The molecule has 0 heterocycles. The van der Waals surface area contributed by atoms with Crippen molar-refractivity contribution in [2.45, 2.75) is 58.7 Å². The van der Waals surface area contributed by atoms with E-state index in [1.807, 2.05) is 45.0 Å². The molecule has 0 aliphatic heterocycles. The van der Waals surface area contributed by atoms with Gasteiger partial charge in [-0.3, -0.25) is 13.9 Å². The molecule has 0 aliphatic rings. The number of rotatable bonds is 10. The van der Waals surface area contributed by atoms with Crippen LogP contribution in [-0.2, 0) is 26.2 Å². The highest BCUT2D eigenvalue weighted by atomic mass is 79.9. The Morgan fingerprint density at radius 1 is 1.11 bits per heavy atom. The maximum absolute atomic E-state index is 13.3. The van der Waals surface area contributed by atoms with Crippen molar-refractivity contribution in [3.05, 3.63) is 64.4 Å². The molecule has 0 spiro atoms. The Kier molecular flexibility index (Phi) is 9.85. The molecular weight excluding hydrogens is 537 g/mol. The molecule has 0 radical (unpaired) electrons. The molecule has 2 aromatic carbocycles. The van der Waals surface area contributed by atoms with Gasteiger partial charge in [0.25, 0.3) is 0 Å². The molecule has 10 heteroatoms. The Bertz CT molecular complexity index is 1130. The van der Waals surface area contributed by atoms with Gasteiger partial charge in [-0.15, -0.1) is 0 Å². The number of carbonyl (C=O) groups is 2. The quantitative estimate of drug-likeness (QED) is 0.457. The van der Waals surface area contributed by atoms with Gasteiger partial charge < -0.3 is 10.2 Å². The number of sulfonamides is 1. The van der Waals surface area contributed by atoms with E-state index in [0.29, 0.717) is 5.69 Å². The largest absolute Gasteiger partial charge is 0.350 e. The van der Waals surface area contributed by atoms with E-state index in [1.165, 1.54) is 29.2 Å². The summed E-state index contributed by atoms with van der Waals surface area (Å²) in [6.45, 7) is 7.56. The predicted molar refractivity (Wildman–Crippen MR) is 140 cm³/mol. The Morgan fingerprint density at radius 3 is 2.29 bits per heavy atom. The molecule has 0 saturated carbocycles. The van der Waals surface area contributed by atoms with E-state index in [1.54, 1.807) is 6.92 Å². The normalized spacial score (nSPS) is 12.7. The summed E-state index contributed by atoms with van der Waals surface area (Å²) in [5.41, 5.74) is 0.721. The summed E-state index contributed by atoms with van der Waals surface area (Å²) in [6.07, 6.45) is 1.33. The zero-order valence-electron chi connectivity index (χ0n) is 20.7. The standard InChI is InChI=1S/C25H33BrFN3O4S/c1-18(24(32)28-25(2,3)4)29(17-19-8-6-9-20(26)16-19)23(31)10-7-15-30(35(5,33)34)22-13-11-21(27)12-14-22/h6,8-9,11-14,16,18H,7,10,15,17H2,1-5H3,(H,28,32)/t18-/m0/s1. The number of nitrogens with zero attached hydrogens (tertiary/aromatic N) is 2. The van der Waals surface area contributed by atoms with Crippen molar-refractivity contribution >= 4 is 43.5 Å². The number of benzene rings is 2. The monoisotopic (exact) mass is 569 g/mol. The maximum atomic E-state index is 13.3. The molecule has 2 rings (SSSR count). The smallest absolute Gasteiger partial charge is 0.242 e. The summed E-state index contributed by atoms with van der Waals surface area (Å²) in [5, 5.41) is 2.91. The molecule has 0 aromatic heterocycles. The zero-order valence-corrected chi connectivity index (χ0v) is 23.1. The van der Waals surface area contributed by atoms with E-state index >= 15 is 0 Å². The van der Waals surface area contributed by atoms with Crippen molar-refractivity contribution in [3.63, 3.8) is 0 Å². The number of hydrogen-bond donors (Lipinski definition) is 1. The number of hydrogen-bond acceptors (Lipinski definition) is 4. The Balaban J connectivity index is 2.18. The first kappa shape index (κ1) is 28.8. The first-order chi connectivity index (χ1) is 16.2. The summed E-state index contributed by atoms with van der Waals surface area (Å²) >= 11 is 3.43. The summed E-state index contributed by atoms with van der Waals surface area (Å²) < 4.78 is 39.9. The minimum absolute atomic E-state index is 0.0361. The molecule has 35 heavy (non-hydrogen) atoms. The van der Waals surface area contributed by atoms with Crippen LogP contribution in [0.3, 0.4) is 0 Å². The van der Waals surface area contributed by atoms with Crippen LogP contribution < -0.4 is 9.62 Å². The minimum Gasteiger partial charge on any atom is -0.350 e. The lowest BCUT2D eigenvalue weighted by atomic mass is 10.1. The van der Waals surface area contributed by atoms with Gasteiger partial charge in [0.15, 0.2) is 0 Å². The average molecular weight is 571 g/mol. The third kappa shape index (κ3) is 9.25. The van der Waals surface area contributed by atoms with Crippen LogP contribution in [0.25, 0.3) is 0 Å². The lowest BCUT2D eigenvalue weighted by molar-refractivity contribution is -0.141. The zero-order chi connectivity index (χ0) is 26.4. The van der Waals surface area contributed by atoms with Gasteiger partial charge in [0, 0.05) is 29.5 Å². The van der Waals surface area contributed by atoms with Gasteiger partial charge in [-0.05, 0) is 76.1 Å². The van der Waals surface area contributed by atoms with Crippen LogP contribution in [0.2, 0.25) is 0 Å². The second-order valence-corrected chi connectivity index (χ2v) is 12.3. The molecule has 2 aromatic rings. The molecule has 0 fully saturated rings. The van der Waals surface area contributed by atoms with Crippen LogP contribution in [-0.4, -0.2) is 49.5 Å². The SMILES string of the molecule is C[C@@H](C(=O)NC(C)(C)C)N(Cc1cccc(Br)c1)C(=O)CCCN(c1ccc(F)cc1)S(C)(=O)=O. The molecule has 7 nitrogen and oxygen atoms in total. The topological polar surface area (TPSA) is 86.8 Å². The molecule has 1 N–H and O–H groups in total. The molecule has 2 amide bonds. The van der Waals surface area contributed by atoms with Gasteiger partial charge in [0.05, 0.1) is 11.9 Å². The number of carbonyl (C=O) groups excluding carboxylic acids is 2. The molecule has 0 saturated heterocycles. The number of halogens is 2. The molecule has 192 valence electrons. The van der Waals surface area contributed by atoms with Crippen molar-refractivity contribution in [1.82, 2.24) is 10.2 Å². The molecule has 0 bridgehead atoms. The third-order valence-electron chi connectivity index (χ3n) is 5.17. The molecule has 1 atom stereocenters. The van der Waals surface area contributed by atoms with Crippen LogP contribution in [0, 0.1) is 5.82 Å². The third-order valence-corrected chi connectivity index (χ3v) is 6.86. The Labute approximate surface area is 215 Å². The van der Waals surface area contributed by atoms with E-state index < -0.39 is 27.4 Å². The summed E-state index contributed by atoms with van der Waals surface area (Å²) in [5.74, 6) is -1.01. The van der Waals surface area contributed by atoms with Crippen LogP contribution in [0.5, 0.6) is 0 Å². The average Bonchev–Trinajstić information content (AvgIpc) is 2.73. The highest BCUT2D eigenvalue weighted by Gasteiger charge is 2.28. The van der Waals surface area contributed by atoms with Gasteiger partial charge in [-0.25, -0.2) is 12.8 Å². The van der Waals surface area contributed by atoms with Crippen molar-refractivity contribution < 1.29 is 22.4 Å². The second kappa shape index (κ2) is 12.0. The van der Waals surface area contributed by atoms with Crippen LogP contribution >= 0.6 is 15.9 Å². The first-order valence-electron chi connectivity index (χ1n) is 11.3. The van der Waals surface area contributed by atoms with Crippen LogP contribution in [0.4, 0.5) is 10.1 Å². The van der Waals surface area contributed by atoms with Crippen LogP contribution in [0.15, 0.2) is 53.0 Å². The summed E-state index contributed by atoms with van der Waals surface area (Å²) in [4.78, 5) is 27.6. The van der Waals surface area contributed by atoms with Crippen molar-refractivity contribution in [2.75, 3.05) is 17.1 Å². The van der Waals surface area contributed by atoms with E-state index in [4.69, 9.17) is 0 Å². The lowest BCUT2D eigenvalue weighted by Crippen LogP contribution is -2.52. The molecular formula is C25H33BrFN3O4S. The lowest BCUT2D eigenvalue weighted by Gasteiger charge is -2.32. The van der Waals surface area contributed by atoms with E-state index in [0.717, 1.165) is 20.6 Å². The predicted octanol–water partition coefficient (Wildman–Crippen LogP) is 4.47. The highest BCUT2D eigenvalue weighted by molar-refractivity contribution is 9.10. The van der Waals surface area contributed by atoms with Crippen molar-refractivity contribution in [2.24, 2.45) is 0 Å². The Hall–Kier alpha value is -2.46. The van der Waals surface area contributed by atoms with Gasteiger partial charge in [0.2, 0.25) is 21.8 Å². The Morgan fingerprint density at radius 2 is 1.74 bits per heavy atom. The first-order valence-corrected chi connectivity index (χ1v) is 13.9. The van der Waals surface area contributed by atoms with Gasteiger partial charge in [-0.2, -0.15) is 0 Å². The summed E-state index contributed by atoms with van der Waals surface area (Å²) in [7, 11) is -3.64. The minimum atomic E-state index is -3.64. The highest BCUT2D eigenvalue weighted by Crippen LogP contribution is 2.20. The fourth-order valence-electron chi connectivity index (χ4n) is 3.50. The van der Waals surface area contributed by atoms with Crippen LogP contribution in [0.1, 0.15) is 46.1 Å².